The Bertz CT molecular complexity index is 511. The van der Waals surface area contributed by atoms with Gasteiger partial charge in [-0.25, -0.2) is 9.97 Å². The fraction of sp³-hybridized carbons (Fsp3) is 0.417. The third kappa shape index (κ3) is 3.16. The summed E-state index contributed by atoms with van der Waals surface area (Å²) in [5, 5.41) is 7.50. The monoisotopic (exact) mass is 263 g/mol. The Hall–Kier alpha value is -1.69. The summed E-state index contributed by atoms with van der Waals surface area (Å²) in [7, 11) is 0. The molecule has 2 aromatic rings. The van der Waals surface area contributed by atoms with Crippen LogP contribution in [-0.2, 0) is 0 Å². The lowest BCUT2D eigenvalue weighted by Crippen LogP contribution is -2.09. The van der Waals surface area contributed by atoms with E-state index in [1.807, 2.05) is 13.1 Å². The predicted octanol–water partition coefficient (Wildman–Crippen LogP) is 2.85. The number of aryl methyl sites for hydroxylation is 1. The Kier molecular flexibility index (Phi) is 4.09. The molecule has 5 nitrogen and oxygen atoms in total. The molecule has 6 heteroatoms. The molecule has 18 heavy (non-hydrogen) atoms. The Balaban J connectivity index is 2.06. The number of thiazole rings is 1. The highest BCUT2D eigenvalue weighted by Gasteiger charge is 2.10. The third-order valence-electron chi connectivity index (χ3n) is 2.37. The summed E-state index contributed by atoms with van der Waals surface area (Å²) in [5.74, 6) is 1.54. The van der Waals surface area contributed by atoms with Gasteiger partial charge < -0.3 is 10.6 Å². The highest BCUT2D eigenvalue weighted by molar-refractivity contribution is 7.11. The van der Waals surface area contributed by atoms with Crippen LogP contribution in [0.5, 0.6) is 0 Å². The summed E-state index contributed by atoms with van der Waals surface area (Å²) >= 11 is 1.69. The first-order valence-electron chi connectivity index (χ1n) is 5.94. The van der Waals surface area contributed by atoms with Crippen molar-refractivity contribution in [2.75, 3.05) is 17.2 Å². The van der Waals surface area contributed by atoms with Crippen molar-refractivity contribution in [3.8, 4) is 0 Å². The summed E-state index contributed by atoms with van der Waals surface area (Å²) in [5.41, 5.74) is 0. The van der Waals surface area contributed by atoms with E-state index in [1.54, 1.807) is 23.7 Å². The van der Waals surface area contributed by atoms with Crippen LogP contribution < -0.4 is 10.6 Å². The molecule has 0 amide bonds. The second-order valence-corrected chi connectivity index (χ2v) is 5.26. The second kappa shape index (κ2) is 5.77. The highest BCUT2D eigenvalue weighted by Crippen LogP contribution is 2.22. The minimum Gasteiger partial charge on any atom is -0.369 e. The van der Waals surface area contributed by atoms with Crippen molar-refractivity contribution in [1.29, 1.82) is 0 Å². The number of rotatable bonds is 5. The van der Waals surface area contributed by atoms with Crippen molar-refractivity contribution in [2.24, 2.45) is 0 Å². The molecule has 0 aliphatic carbocycles. The van der Waals surface area contributed by atoms with Gasteiger partial charge in [0.15, 0.2) is 0 Å². The molecule has 96 valence electrons. The summed E-state index contributed by atoms with van der Waals surface area (Å²) in [6, 6.07) is 0.134. The van der Waals surface area contributed by atoms with Crippen molar-refractivity contribution >= 4 is 23.0 Å². The lowest BCUT2D eigenvalue weighted by molar-refractivity contribution is 0.858. The van der Waals surface area contributed by atoms with Crippen molar-refractivity contribution in [1.82, 2.24) is 15.0 Å². The zero-order valence-corrected chi connectivity index (χ0v) is 11.6. The first kappa shape index (κ1) is 12.8. The molecule has 0 fully saturated rings. The molecule has 0 saturated carbocycles. The maximum atomic E-state index is 4.43. The van der Waals surface area contributed by atoms with E-state index in [9.17, 15) is 0 Å². The van der Waals surface area contributed by atoms with Crippen molar-refractivity contribution in [2.45, 2.75) is 26.8 Å². The molecule has 2 heterocycles. The predicted molar refractivity (Wildman–Crippen MR) is 75.1 cm³/mol. The largest absolute Gasteiger partial charge is 0.369 e. The van der Waals surface area contributed by atoms with Crippen molar-refractivity contribution in [3.05, 3.63) is 28.5 Å². The van der Waals surface area contributed by atoms with Crippen molar-refractivity contribution in [3.63, 3.8) is 0 Å². The minimum atomic E-state index is 0.134. The van der Waals surface area contributed by atoms with Gasteiger partial charge in [0.05, 0.1) is 18.4 Å². The van der Waals surface area contributed by atoms with Crippen LogP contribution in [0.2, 0.25) is 0 Å². The quantitative estimate of drug-likeness (QED) is 0.868. The highest BCUT2D eigenvalue weighted by atomic mass is 32.1. The number of hydrogen-bond donors (Lipinski definition) is 2. The number of aromatic nitrogens is 3. The molecule has 0 spiro atoms. The molecule has 2 rings (SSSR count). The van der Waals surface area contributed by atoms with E-state index < -0.39 is 0 Å². The number of hydrogen-bond acceptors (Lipinski definition) is 6. The molecule has 0 aliphatic heterocycles. The normalized spacial score (nSPS) is 12.2. The molecule has 0 radical (unpaired) electrons. The Morgan fingerprint density at radius 3 is 2.72 bits per heavy atom. The van der Waals surface area contributed by atoms with Crippen LogP contribution in [0.3, 0.4) is 0 Å². The smallest absolute Gasteiger partial charge is 0.147 e. The first-order valence-corrected chi connectivity index (χ1v) is 6.75. The van der Waals surface area contributed by atoms with E-state index in [1.165, 1.54) is 4.88 Å². The first-order chi connectivity index (χ1) is 8.69. The lowest BCUT2D eigenvalue weighted by Gasteiger charge is -2.12. The fourth-order valence-corrected chi connectivity index (χ4v) is 2.33. The molecule has 2 N–H and O–H groups in total. The Morgan fingerprint density at radius 1 is 1.28 bits per heavy atom. The van der Waals surface area contributed by atoms with Gasteiger partial charge in [0.1, 0.15) is 16.6 Å². The molecule has 2 aromatic heterocycles. The van der Waals surface area contributed by atoms with Gasteiger partial charge in [-0.2, -0.15) is 0 Å². The van der Waals surface area contributed by atoms with E-state index in [-0.39, 0.29) is 6.04 Å². The number of anilines is 2. The molecule has 0 aliphatic rings. The second-order valence-electron chi connectivity index (χ2n) is 4.00. The molecule has 0 bridgehead atoms. The lowest BCUT2D eigenvalue weighted by atomic mass is 10.3. The summed E-state index contributed by atoms with van der Waals surface area (Å²) < 4.78 is 0. The van der Waals surface area contributed by atoms with E-state index in [4.69, 9.17) is 0 Å². The Morgan fingerprint density at radius 2 is 2.06 bits per heavy atom. The summed E-state index contributed by atoms with van der Waals surface area (Å²) in [6.45, 7) is 6.99. The zero-order valence-electron chi connectivity index (χ0n) is 10.8. The van der Waals surface area contributed by atoms with E-state index in [2.05, 4.69) is 39.4 Å². The zero-order chi connectivity index (χ0) is 13.0. The van der Waals surface area contributed by atoms with Crippen LogP contribution in [0.25, 0.3) is 0 Å². The number of nitrogens with zero attached hydrogens (tertiary/aromatic N) is 3. The summed E-state index contributed by atoms with van der Waals surface area (Å²) in [6.07, 6.45) is 5.32. The van der Waals surface area contributed by atoms with Gasteiger partial charge in [0.25, 0.3) is 0 Å². The van der Waals surface area contributed by atoms with Crippen molar-refractivity contribution < 1.29 is 0 Å². The van der Waals surface area contributed by atoms with Crippen LogP contribution in [0.4, 0.5) is 11.6 Å². The van der Waals surface area contributed by atoms with Gasteiger partial charge in [-0.15, -0.1) is 11.3 Å². The maximum Gasteiger partial charge on any atom is 0.147 e. The standard InChI is InChI=1S/C12H17N5S/c1-4-14-10-6-13-7-11(17-10)16-9(3)12-15-5-8(2)18-12/h5-7,9H,4H2,1-3H3,(H2,14,16,17). The molecular formula is C12H17N5S. The topological polar surface area (TPSA) is 62.7 Å². The van der Waals surface area contributed by atoms with Crippen LogP contribution in [0, 0.1) is 6.92 Å². The fourth-order valence-electron chi connectivity index (χ4n) is 1.56. The van der Waals surface area contributed by atoms with Gasteiger partial charge in [-0.05, 0) is 20.8 Å². The Labute approximate surface area is 111 Å². The van der Waals surface area contributed by atoms with Gasteiger partial charge in [0, 0.05) is 17.6 Å². The van der Waals surface area contributed by atoms with Crippen LogP contribution in [0.1, 0.15) is 29.8 Å². The van der Waals surface area contributed by atoms with Gasteiger partial charge in [-0.1, -0.05) is 0 Å². The van der Waals surface area contributed by atoms with Gasteiger partial charge in [-0.3, -0.25) is 4.98 Å². The van der Waals surface area contributed by atoms with Crippen LogP contribution in [-0.4, -0.2) is 21.5 Å². The summed E-state index contributed by atoms with van der Waals surface area (Å²) in [4.78, 5) is 14.2. The average Bonchev–Trinajstić information content (AvgIpc) is 2.77. The average molecular weight is 263 g/mol. The van der Waals surface area contributed by atoms with Gasteiger partial charge in [0.2, 0.25) is 0 Å². The van der Waals surface area contributed by atoms with E-state index >= 15 is 0 Å². The molecule has 1 unspecified atom stereocenters. The third-order valence-corrected chi connectivity index (χ3v) is 3.46. The maximum absolute atomic E-state index is 4.43. The molecular weight excluding hydrogens is 246 g/mol. The molecule has 0 aromatic carbocycles. The van der Waals surface area contributed by atoms with Gasteiger partial charge >= 0.3 is 0 Å². The van der Waals surface area contributed by atoms with Crippen LogP contribution in [0.15, 0.2) is 18.6 Å². The number of nitrogens with one attached hydrogen (secondary N) is 2. The van der Waals surface area contributed by atoms with E-state index in [0.717, 1.165) is 23.2 Å². The molecule has 0 saturated heterocycles. The SMILES string of the molecule is CCNc1cncc(NC(C)c2ncc(C)s2)n1. The van der Waals surface area contributed by atoms with E-state index in [0.29, 0.717) is 0 Å². The molecule has 1 atom stereocenters. The van der Waals surface area contributed by atoms with Crippen LogP contribution >= 0.6 is 11.3 Å². The minimum absolute atomic E-state index is 0.134.